The molecule has 0 bridgehead atoms. The Hall–Kier alpha value is -0.334. The first-order valence-corrected chi connectivity index (χ1v) is 6.61. The summed E-state index contributed by atoms with van der Waals surface area (Å²) in [6.45, 7) is 0. The van der Waals surface area contributed by atoms with Crippen molar-refractivity contribution < 1.29 is 14.1 Å². The van der Waals surface area contributed by atoms with Gasteiger partial charge in [0.25, 0.3) is 0 Å². The van der Waals surface area contributed by atoms with E-state index in [0.29, 0.717) is 0 Å². The van der Waals surface area contributed by atoms with Crippen LogP contribution in [-0.4, -0.2) is 0 Å². The Morgan fingerprint density at radius 2 is 1.50 bits per heavy atom. The summed E-state index contributed by atoms with van der Waals surface area (Å²) in [5.74, 6) is 0. The molecule has 0 amide bonds. The first-order valence-electron chi connectivity index (χ1n) is 4.24. The summed E-state index contributed by atoms with van der Waals surface area (Å²) in [6, 6.07) is 3.41. The summed E-state index contributed by atoms with van der Waals surface area (Å²) < 4.78 is 0. The molecule has 1 saturated carbocycles. The van der Waals surface area contributed by atoms with Gasteiger partial charge in [0.2, 0.25) is 0 Å². The summed E-state index contributed by atoms with van der Waals surface area (Å²) in [6.07, 6.45) is 7.50. The predicted molar refractivity (Wildman–Crippen MR) is 56.1 cm³/mol. The van der Waals surface area contributed by atoms with E-state index < -0.39 is 0 Å². The van der Waals surface area contributed by atoms with Crippen molar-refractivity contribution in [2.75, 3.05) is 0 Å². The topological polar surface area (TPSA) is 47.6 Å². The molecule has 14 heavy (non-hydrogen) atoms. The minimum atomic E-state index is -0.00405. The van der Waals surface area contributed by atoms with Crippen LogP contribution in [0.3, 0.4) is 0 Å². The van der Waals surface area contributed by atoms with Crippen LogP contribution in [0.2, 0.25) is 0 Å². The second kappa shape index (κ2) is 9.23. The monoisotopic (exact) mass is 269 g/mol. The third-order valence-corrected chi connectivity index (χ3v) is 3.22. The van der Waals surface area contributed by atoms with Gasteiger partial charge in [-0.25, -0.2) is 0 Å². The average Bonchev–Trinajstić information content (AvgIpc) is 2.77. The normalized spacial score (nSPS) is 15.4. The van der Waals surface area contributed by atoms with E-state index in [1.807, 2.05) is 0 Å². The quantitative estimate of drug-likeness (QED) is 0.417. The van der Waals surface area contributed by atoms with Crippen LogP contribution in [0.25, 0.3) is 0 Å². The zero-order chi connectivity index (χ0) is 10.8. The number of hydrogen-bond donors (Lipinski definition) is 0. The fourth-order valence-corrected chi connectivity index (χ4v) is 1.99. The third-order valence-electron chi connectivity index (χ3n) is 1.73. The van der Waals surface area contributed by atoms with Crippen molar-refractivity contribution in [1.29, 1.82) is 10.5 Å². The summed E-state index contributed by atoms with van der Waals surface area (Å²) in [4.78, 5) is 0.170. The van der Waals surface area contributed by atoms with E-state index in [0.717, 1.165) is 9.74 Å². The summed E-state index contributed by atoms with van der Waals surface area (Å²) in [7, 11) is 0.882. The summed E-state index contributed by atoms with van der Waals surface area (Å²) in [5.41, 5.74) is 0. The van der Waals surface area contributed by atoms with Crippen molar-refractivity contribution in [3.8, 4) is 12.1 Å². The Morgan fingerprint density at radius 3 is 1.64 bits per heavy atom. The molecule has 0 aromatic rings. The fraction of sp³-hybridized carbons (Fsp3) is 0.556. The maximum absolute atomic E-state index is 8.23. The van der Waals surface area contributed by atoms with Crippen LogP contribution in [-0.2, 0) is 36.5 Å². The molecule has 0 aliphatic heterocycles. The van der Waals surface area contributed by atoms with Crippen LogP contribution in [0.5, 0.6) is 0 Å². The molecule has 0 heterocycles. The molecule has 5 heteroatoms. The SMILES string of the molecule is C1CCCC1.N#C/C([S-])=C(\C#N)[S+]=[Co]. The van der Waals surface area contributed by atoms with Gasteiger partial charge in [-0.2, -0.15) is 0 Å². The van der Waals surface area contributed by atoms with Crippen molar-refractivity contribution in [1.82, 2.24) is 0 Å². The zero-order valence-corrected chi connectivity index (χ0v) is 10.3. The van der Waals surface area contributed by atoms with Crippen molar-refractivity contribution in [3.63, 3.8) is 0 Å². The maximum atomic E-state index is 8.23. The molecule has 0 unspecified atom stereocenters. The zero-order valence-electron chi connectivity index (χ0n) is 7.58. The van der Waals surface area contributed by atoms with Crippen LogP contribution < -0.4 is 0 Å². The van der Waals surface area contributed by atoms with Gasteiger partial charge in [0.1, 0.15) is 0 Å². The summed E-state index contributed by atoms with van der Waals surface area (Å²) >= 11 is 8.24. The van der Waals surface area contributed by atoms with Crippen molar-refractivity contribution >= 4 is 22.4 Å². The van der Waals surface area contributed by atoms with E-state index in [-0.39, 0.29) is 9.81 Å². The minimum absolute atomic E-state index is 0.00405. The second-order valence-corrected chi connectivity index (χ2v) is 4.31. The van der Waals surface area contributed by atoms with Gasteiger partial charge in [0, 0.05) is 0 Å². The Kier molecular flexibility index (Phi) is 9.01. The fourth-order valence-electron chi connectivity index (χ4n) is 1.03. The number of nitriles is 2. The number of allylic oxidation sites excluding steroid dienone is 2. The van der Waals surface area contributed by atoms with Gasteiger partial charge in [-0.3, -0.25) is 0 Å². The van der Waals surface area contributed by atoms with Gasteiger partial charge < -0.3 is 0 Å². The molecule has 1 aliphatic rings. The van der Waals surface area contributed by atoms with Crippen LogP contribution >= 0.6 is 0 Å². The average molecular weight is 269 g/mol. The standard InChI is InChI=1S/C5H10.C4H2N2S2.Co/c1-2-4-5-3-1;5-1-3(7)4(8)2-6;/h1-5H2;7-8H;/q;;+2/p-2/b;4-3-;. The Morgan fingerprint density at radius 1 is 1.07 bits per heavy atom. The van der Waals surface area contributed by atoms with Crippen LogP contribution in [0, 0.1) is 22.7 Å². The molecule has 0 radical (unpaired) electrons. The predicted octanol–water partition coefficient (Wildman–Crippen LogP) is 2.29. The molecule has 1 fully saturated rings. The Bertz CT molecular complexity index is 287. The molecule has 1 aliphatic carbocycles. The Balaban J connectivity index is 0.000000280. The van der Waals surface area contributed by atoms with Crippen molar-refractivity contribution in [2.45, 2.75) is 32.1 Å². The molecule has 0 saturated heterocycles. The number of hydrogen-bond acceptors (Lipinski definition) is 3. The van der Waals surface area contributed by atoms with Crippen LogP contribution in [0.4, 0.5) is 0 Å². The number of nitrogens with zero attached hydrogens (tertiary/aromatic N) is 2. The molecule has 77 valence electrons. The molecule has 0 atom stereocenters. The first kappa shape index (κ1) is 13.7. The van der Waals surface area contributed by atoms with E-state index in [9.17, 15) is 0 Å². The van der Waals surface area contributed by atoms with Gasteiger partial charge >= 0.3 is 69.0 Å². The third kappa shape index (κ3) is 6.17. The molecule has 0 spiro atoms. The van der Waals surface area contributed by atoms with E-state index in [4.69, 9.17) is 10.5 Å². The van der Waals surface area contributed by atoms with E-state index in [1.54, 1.807) is 12.1 Å². The summed E-state index contributed by atoms with van der Waals surface area (Å²) in [5, 5.41) is 16.4. The second-order valence-electron chi connectivity index (χ2n) is 2.72. The van der Waals surface area contributed by atoms with E-state index >= 15 is 0 Å². The van der Waals surface area contributed by atoms with E-state index in [2.05, 4.69) is 26.8 Å². The van der Waals surface area contributed by atoms with Crippen LogP contribution in [0.15, 0.2) is 9.81 Å². The number of rotatable bonds is 1. The molecule has 0 aromatic heterocycles. The van der Waals surface area contributed by atoms with Gasteiger partial charge in [-0.05, 0) is 0 Å². The van der Waals surface area contributed by atoms with Gasteiger partial charge in [0.05, 0.1) is 0 Å². The molecule has 1 rings (SSSR count). The van der Waals surface area contributed by atoms with Crippen LogP contribution in [0.1, 0.15) is 32.1 Å². The van der Waals surface area contributed by atoms with Crippen molar-refractivity contribution in [3.05, 3.63) is 9.81 Å². The molecular formula is C9H10CoN2S2. The van der Waals surface area contributed by atoms with Gasteiger partial charge in [0.15, 0.2) is 0 Å². The van der Waals surface area contributed by atoms with Gasteiger partial charge in [-0.15, -0.1) is 0 Å². The molecule has 2 nitrogen and oxygen atoms in total. The van der Waals surface area contributed by atoms with Gasteiger partial charge in [-0.1, -0.05) is 32.1 Å². The van der Waals surface area contributed by atoms with E-state index in [1.165, 1.54) is 32.1 Å². The Labute approximate surface area is 101 Å². The molecule has 0 aromatic carbocycles. The molecule has 0 N–H and O–H groups in total. The first-order chi connectivity index (χ1) is 6.76. The molecular weight excluding hydrogens is 259 g/mol. The van der Waals surface area contributed by atoms with Crippen molar-refractivity contribution in [2.24, 2.45) is 0 Å².